The van der Waals surface area contributed by atoms with Crippen molar-refractivity contribution in [2.24, 2.45) is 0 Å². The second-order valence-electron chi connectivity index (χ2n) is 8.66. The molecule has 0 spiro atoms. The van der Waals surface area contributed by atoms with Crippen LogP contribution in [0.5, 0.6) is 0 Å². The van der Waals surface area contributed by atoms with Gasteiger partial charge in [-0.25, -0.2) is 17.9 Å². The summed E-state index contributed by atoms with van der Waals surface area (Å²) < 4.78 is 31.7. The van der Waals surface area contributed by atoms with Gasteiger partial charge in [0.2, 0.25) is 10.0 Å². The minimum atomic E-state index is -3.40. The molecule has 0 aromatic heterocycles. The zero-order chi connectivity index (χ0) is 24.6. The van der Waals surface area contributed by atoms with Crippen LogP contribution in [-0.2, 0) is 14.8 Å². The highest BCUT2D eigenvalue weighted by atomic mass is 35.5. The highest BCUT2D eigenvalue weighted by molar-refractivity contribution is 7.99. The van der Waals surface area contributed by atoms with Crippen molar-refractivity contribution in [1.29, 1.82) is 0 Å². The van der Waals surface area contributed by atoms with Crippen molar-refractivity contribution in [3.63, 3.8) is 0 Å². The third-order valence-corrected chi connectivity index (χ3v) is 8.39. The SMILES string of the molecule is CCCCCCCCCCCCCCCCSCC(CNS(=O)(=O)CCCCl)OC(=O)NC. The Labute approximate surface area is 213 Å². The van der Waals surface area contributed by atoms with Crippen LogP contribution in [-0.4, -0.2) is 57.3 Å². The van der Waals surface area contributed by atoms with Gasteiger partial charge in [0.05, 0.1) is 5.75 Å². The third-order valence-electron chi connectivity index (χ3n) is 5.50. The number of hydrogen-bond donors (Lipinski definition) is 2. The van der Waals surface area contributed by atoms with Gasteiger partial charge in [-0.1, -0.05) is 90.4 Å². The smallest absolute Gasteiger partial charge is 0.407 e. The Kier molecular flexibility index (Phi) is 23.4. The van der Waals surface area contributed by atoms with Gasteiger partial charge in [0.15, 0.2) is 0 Å². The molecule has 0 aliphatic carbocycles. The Morgan fingerprint density at radius 1 is 0.879 bits per heavy atom. The Morgan fingerprint density at radius 2 is 1.39 bits per heavy atom. The van der Waals surface area contributed by atoms with Crippen LogP contribution >= 0.6 is 23.4 Å². The van der Waals surface area contributed by atoms with Crippen molar-refractivity contribution < 1.29 is 17.9 Å². The van der Waals surface area contributed by atoms with Gasteiger partial charge in [0.1, 0.15) is 6.10 Å². The molecule has 0 rings (SSSR count). The van der Waals surface area contributed by atoms with Gasteiger partial charge in [0, 0.05) is 25.2 Å². The summed E-state index contributed by atoms with van der Waals surface area (Å²) in [4.78, 5) is 11.6. The van der Waals surface area contributed by atoms with Crippen molar-refractivity contribution in [1.82, 2.24) is 10.0 Å². The van der Waals surface area contributed by atoms with Crippen LogP contribution in [0.1, 0.15) is 103 Å². The quantitative estimate of drug-likeness (QED) is 0.111. The lowest BCUT2D eigenvalue weighted by Gasteiger charge is -2.18. The molecule has 9 heteroatoms. The lowest BCUT2D eigenvalue weighted by Crippen LogP contribution is -2.39. The van der Waals surface area contributed by atoms with Crippen molar-refractivity contribution in [3.8, 4) is 0 Å². The molecule has 0 fully saturated rings. The summed E-state index contributed by atoms with van der Waals surface area (Å²) in [6.07, 6.45) is 18.1. The first kappa shape index (κ1) is 32.8. The highest BCUT2D eigenvalue weighted by Gasteiger charge is 2.18. The van der Waals surface area contributed by atoms with E-state index in [1.54, 1.807) is 11.8 Å². The summed E-state index contributed by atoms with van der Waals surface area (Å²) in [5.41, 5.74) is 0. The first-order valence-electron chi connectivity index (χ1n) is 12.9. The maximum Gasteiger partial charge on any atom is 0.407 e. The van der Waals surface area contributed by atoms with Crippen LogP contribution < -0.4 is 10.0 Å². The number of rotatable bonds is 24. The first-order chi connectivity index (χ1) is 15.9. The number of carbonyl (C=O) groups is 1. The maximum atomic E-state index is 11.9. The molecule has 1 unspecified atom stereocenters. The number of ether oxygens (including phenoxy) is 1. The summed E-state index contributed by atoms with van der Waals surface area (Å²) in [5, 5.41) is 2.42. The van der Waals surface area contributed by atoms with Crippen molar-refractivity contribution in [2.45, 2.75) is 109 Å². The number of amides is 1. The van der Waals surface area contributed by atoms with Crippen LogP contribution in [0.15, 0.2) is 0 Å². The number of nitrogens with one attached hydrogen (secondary N) is 2. The molecule has 1 atom stereocenters. The summed E-state index contributed by atoms with van der Waals surface area (Å²) in [6.45, 7) is 2.35. The molecule has 0 bridgehead atoms. The number of hydrogen-bond acceptors (Lipinski definition) is 5. The first-order valence-corrected chi connectivity index (χ1v) is 16.3. The van der Waals surface area contributed by atoms with E-state index in [0.29, 0.717) is 18.1 Å². The predicted octanol–water partition coefficient (Wildman–Crippen LogP) is 6.47. The summed E-state index contributed by atoms with van der Waals surface area (Å²) in [6, 6.07) is 0. The Morgan fingerprint density at radius 3 is 1.88 bits per heavy atom. The molecule has 0 aliphatic rings. The van der Waals surface area contributed by atoms with Crippen molar-refractivity contribution >= 4 is 39.5 Å². The monoisotopic (exact) mass is 528 g/mol. The molecule has 33 heavy (non-hydrogen) atoms. The van der Waals surface area contributed by atoms with Gasteiger partial charge in [0.25, 0.3) is 0 Å². The number of alkyl halides is 1. The third kappa shape index (κ3) is 23.3. The average Bonchev–Trinajstić information content (AvgIpc) is 2.80. The molecule has 0 aromatic carbocycles. The fourth-order valence-electron chi connectivity index (χ4n) is 3.50. The van der Waals surface area contributed by atoms with E-state index < -0.39 is 22.2 Å². The zero-order valence-corrected chi connectivity index (χ0v) is 23.4. The number of sulfonamides is 1. The van der Waals surface area contributed by atoms with Gasteiger partial charge in [-0.15, -0.1) is 11.6 Å². The zero-order valence-electron chi connectivity index (χ0n) is 21.0. The number of halogens is 1. The van der Waals surface area contributed by atoms with E-state index in [4.69, 9.17) is 16.3 Å². The normalized spacial score (nSPS) is 12.6. The van der Waals surface area contributed by atoms with Gasteiger partial charge >= 0.3 is 6.09 Å². The van der Waals surface area contributed by atoms with Gasteiger partial charge in [-0.05, 0) is 18.6 Å². The molecule has 1 amide bonds. The molecule has 0 radical (unpaired) electrons. The number of thioether (sulfide) groups is 1. The van der Waals surface area contributed by atoms with E-state index in [-0.39, 0.29) is 12.3 Å². The number of carbonyl (C=O) groups excluding carboxylic acids is 1. The average molecular weight is 529 g/mol. The summed E-state index contributed by atoms with van der Waals surface area (Å²) in [7, 11) is -1.91. The standard InChI is InChI=1S/C24H49ClN2O4S2/c1-3-4-5-6-7-8-9-10-11-12-13-14-15-16-19-32-22-23(31-24(28)26-2)21-27-33(29,30)20-17-18-25/h23,27H,3-22H2,1-2H3,(H,26,28). The Bertz CT molecular complexity index is 551. The second-order valence-corrected chi connectivity index (χ2v) is 12.1. The van der Waals surface area contributed by atoms with E-state index in [9.17, 15) is 13.2 Å². The molecular weight excluding hydrogens is 480 g/mol. The molecule has 198 valence electrons. The van der Waals surface area contributed by atoms with Gasteiger partial charge in [-0.2, -0.15) is 11.8 Å². The predicted molar refractivity (Wildman–Crippen MR) is 144 cm³/mol. The molecule has 0 aliphatic heterocycles. The van der Waals surface area contributed by atoms with Crippen molar-refractivity contribution in [3.05, 3.63) is 0 Å². The van der Waals surface area contributed by atoms with Gasteiger partial charge in [-0.3, -0.25) is 0 Å². The minimum Gasteiger partial charge on any atom is -0.444 e. The summed E-state index contributed by atoms with van der Waals surface area (Å²) >= 11 is 7.27. The number of alkyl carbamates (subject to hydrolysis) is 1. The lowest BCUT2D eigenvalue weighted by molar-refractivity contribution is 0.113. The van der Waals surface area contributed by atoms with E-state index in [2.05, 4.69) is 17.0 Å². The Hall–Kier alpha value is -0.180. The van der Waals surface area contributed by atoms with Gasteiger partial charge < -0.3 is 10.1 Å². The number of unbranched alkanes of at least 4 members (excludes halogenated alkanes) is 13. The van der Waals surface area contributed by atoms with E-state index in [1.165, 1.54) is 90.5 Å². The van der Waals surface area contributed by atoms with Crippen LogP contribution in [0, 0.1) is 0 Å². The van der Waals surface area contributed by atoms with E-state index in [1.807, 2.05) is 0 Å². The largest absolute Gasteiger partial charge is 0.444 e. The van der Waals surface area contributed by atoms with Crippen LogP contribution in [0.3, 0.4) is 0 Å². The molecule has 6 nitrogen and oxygen atoms in total. The van der Waals surface area contributed by atoms with E-state index in [0.717, 1.165) is 12.2 Å². The fraction of sp³-hybridized carbons (Fsp3) is 0.958. The summed E-state index contributed by atoms with van der Waals surface area (Å²) in [5.74, 6) is 1.85. The minimum absolute atomic E-state index is 0.0185. The molecule has 2 N–H and O–H groups in total. The van der Waals surface area contributed by atoms with Crippen molar-refractivity contribution in [2.75, 3.05) is 36.7 Å². The maximum absolute atomic E-state index is 11.9. The molecule has 0 saturated carbocycles. The highest BCUT2D eigenvalue weighted by Crippen LogP contribution is 2.15. The fourth-order valence-corrected chi connectivity index (χ4v) is 5.92. The van der Waals surface area contributed by atoms with E-state index >= 15 is 0 Å². The van der Waals surface area contributed by atoms with Crippen LogP contribution in [0.4, 0.5) is 4.79 Å². The van der Waals surface area contributed by atoms with Crippen LogP contribution in [0.2, 0.25) is 0 Å². The van der Waals surface area contributed by atoms with Crippen LogP contribution in [0.25, 0.3) is 0 Å². The Balaban J connectivity index is 3.74. The molecular formula is C24H49ClN2O4S2. The molecule has 0 saturated heterocycles. The molecule has 0 aromatic rings. The second kappa shape index (κ2) is 23.6. The topological polar surface area (TPSA) is 84.5 Å². The molecule has 0 heterocycles. The lowest BCUT2D eigenvalue weighted by atomic mass is 10.0.